The Morgan fingerprint density at radius 3 is 2.48 bits per heavy atom. The maximum atomic E-state index is 12.4. The maximum Gasteiger partial charge on any atom is 0.270 e. The largest absolute Gasteiger partial charge is 0.348 e. The molecule has 0 aliphatic carbocycles. The summed E-state index contributed by atoms with van der Waals surface area (Å²) in [6.07, 6.45) is 2.67. The number of nitro groups is 1. The van der Waals surface area contributed by atoms with Crippen molar-refractivity contribution >= 4 is 46.6 Å². The van der Waals surface area contributed by atoms with Crippen LogP contribution in [-0.4, -0.2) is 21.9 Å². The van der Waals surface area contributed by atoms with Crippen LogP contribution in [0.3, 0.4) is 0 Å². The molecule has 0 heterocycles. The molecule has 3 rings (SSSR count). The minimum absolute atomic E-state index is 0.0468. The van der Waals surface area contributed by atoms with Gasteiger partial charge in [0, 0.05) is 36.0 Å². The smallest absolute Gasteiger partial charge is 0.270 e. The lowest BCUT2D eigenvalue weighted by Crippen LogP contribution is -2.33. The van der Waals surface area contributed by atoms with Gasteiger partial charge in [0.05, 0.1) is 4.92 Å². The second-order valence-electron chi connectivity index (χ2n) is 6.88. The third-order valence-corrected chi connectivity index (χ3v) is 4.63. The van der Waals surface area contributed by atoms with Gasteiger partial charge >= 0.3 is 0 Å². The standard InChI is InChI=1S/C24H20N4O4S/c29-22(13-12-17-8-4-11-21(14-17)28(31)32)27-24(33)26-20-10-5-9-19(15-20)23(30)25-16-18-6-2-1-3-7-18/h1-15H,16H2,(H,25,30)(H2,26,27,29,33)/b13-12+. The van der Waals surface area contributed by atoms with Gasteiger partial charge in [-0.1, -0.05) is 48.5 Å². The average Bonchev–Trinajstić information content (AvgIpc) is 2.82. The summed E-state index contributed by atoms with van der Waals surface area (Å²) in [6, 6.07) is 22.2. The van der Waals surface area contributed by atoms with Crippen LogP contribution in [0.25, 0.3) is 6.08 Å². The molecule has 2 amide bonds. The minimum Gasteiger partial charge on any atom is -0.348 e. The second kappa shape index (κ2) is 11.3. The summed E-state index contributed by atoms with van der Waals surface area (Å²) in [6.45, 7) is 0.405. The van der Waals surface area contributed by atoms with Crippen molar-refractivity contribution in [3.05, 3.63) is 112 Å². The predicted molar refractivity (Wildman–Crippen MR) is 131 cm³/mol. The Morgan fingerprint density at radius 2 is 1.73 bits per heavy atom. The van der Waals surface area contributed by atoms with Gasteiger partial charge in [0.25, 0.3) is 11.6 Å². The zero-order valence-corrected chi connectivity index (χ0v) is 18.2. The zero-order valence-electron chi connectivity index (χ0n) is 17.4. The molecule has 0 unspecified atom stereocenters. The van der Waals surface area contributed by atoms with E-state index in [1.165, 1.54) is 30.4 Å². The Kier molecular flexibility index (Phi) is 7.98. The van der Waals surface area contributed by atoms with Gasteiger partial charge in [0.1, 0.15) is 0 Å². The lowest BCUT2D eigenvalue weighted by Gasteiger charge is -2.10. The van der Waals surface area contributed by atoms with E-state index < -0.39 is 10.8 Å². The fourth-order valence-electron chi connectivity index (χ4n) is 2.85. The summed E-state index contributed by atoms with van der Waals surface area (Å²) in [7, 11) is 0. The third-order valence-electron chi connectivity index (χ3n) is 4.42. The molecule has 0 radical (unpaired) electrons. The van der Waals surface area contributed by atoms with Gasteiger partial charge in [-0.15, -0.1) is 0 Å². The number of anilines is 1. The molecule has 9 heteroatoms. The number of amides is 2. The van der Waals surface area contributed by atoms with Crippen molar-refractivity contribution in [2.75, 3.05) is 5.32 Å². The highest BCUT2D eigenvalue weighted by molar-refractivity contribution is 7.80. The average molecular weight is 461 g/mol. The molecule has 0 aromatic heterocycles. The first-order valence-corrected chi connectivity index (χ1v) is 10.3. The van der Waals surface area contributed by atoms with Crippen molar-refractivity contribution in [3.8, 4) is 0 Å². The van der Waals surface area contributed by atoms with E-state index in [1.54, 1.807) is 30.3 Å². The lowest BCUT2D eigenvalue weighted by molar-refractivity contribution is -0.384. The summed E-state index contributed by atoms with van der Waals surface area (Å²) in [5.41, 5.74) is 2.41. The summed E-state index contributed by atoms with van der Waals surface area (Å²) < 4.78 is 0. The topological polar surface area (TPSA) is 113 Å². The Labute approximate surface area is 195 Å². The van der Waals surface area contributed by atoms with Crippen LogP contribution in [0.2, 0.25) is 0 Å². The number of hydrogen-bond acceptors (Lipinski definition) is 5. The maximum absolute atomic E-state index is 12.4. The van der Waals surface area contributed by atoms with Gasteiger partial charge < -0.3 is 10.6 Å². The van der Waals surface area contributed by atoms with Crippen LogP contribution in [0.1, 0.15) is 21.5 Å². The van der Waals surface area contributed by atoms with Gasteiger partial charge in [0.2, 0.25) is 5.91 Å². The van der Waals surface area contributed by atoms with E-state index in [0.717, 1.165) is 5.56 Å². The third kappa shape index (κ3) is 7.37. The number of non-ortho nitro benzene ring substituents is 1. The molecule has 33 heavy (non-hydrogen) atoms. The molecule has 0 saturated carbocycles. The monoisotopic (exact) mass is 460 g/mol. The number of carbonyl (C=O) groups is 2. The molecular formula is C24H20N4O4S. The van der Waals surface area contributed by atoms with Crippen molar-refractivity contribution < 1.29 is 14.5 Å². The molecule has 166 valence electrons. The number of nitro benzene ring substituents is 1. The second-order valence-corrected chi connectivity index (χ2v) is 7.29. The highest BCUT2D eigenvalue weighted by Gasteiger charge is 2.08. The van der Waals surface area contributed by atoms with Crippen LogP contribution in [0.4, 0.5) is 11.4 Å². The molecule has 0 aliphatic heterocycles. The highest BCUT2D eigenvalue weighted by Crippen LogP contribution is 2.14. The van der Waals surface area contributed by atoms with E-state index in [2.05, 4.69) is 16.0 Å². The van der Waals surface area contributed by atoms with Crippen LogP contribution in [0.15, 0.2) is 84.9 Å². The van der Waals surface area contributed by atoms with E-state index in [4.69, 9.17) is 12.2 Å². The van der Waals surface area contributed by atoms with Crippen LogP contribution in [0, 0.1) is 10.1 Å². The molecule has 0 fully saturated rings. The number of rotatable bonds is 7. The quantitative estimate of drug-likeness (QED) is 0.212. The van der Waals surface area contributed by atoms with Gasteiger partial charge in [0.15, 0.2) is 5.11 Å². The molecule has 0 aliphatic rings. The van der Waals surface area contributed by atoms with Crippen LogP contribution >= 0.6 is 12.2 Å². The van der Waals surface area contributed by atoms with Crippen LogP contribution < -0.4 is 16.0 Å². The fraction of sp³-hybridized carbons (Fsp3) is 0.0417. The molecule has 0 atom stereocenters. The fourth-order valence-corrected chi connectivity index (χ4v) is 3.07. The Bertz CT molecular complexity index is 1210. The summed E-state index contributed by atoms with van der Waals surface area (Å²) in [4.78, 5) is 34.9. The number of carbonyl (C=O) groups excluding carboxylic acids is 2. The molecule has 0 bridgehead atoms. The number of thiocarbonyl (C=S) groups is 1. The van der Waals surface area contributed by atoms with Gasteiger partial charge in [-0.05, 0) is 47.6 Å². The molecular weight excluding hydrogens is 440 g/mol. The summed E-state index contributed by atoms with van der Waals surface area (Å²) in [5.74, 6) is -0.742. The van der Waals surface area contributed by atoms with Crippen molar-refractivity contribution in [1.82, 2.24) is 10.6 Å². The predicted octanol–water partition coefficient (Wildman–Crippen LogP) is 4.05. The van der Waals surface area contributed by atoms with Crippen molar-refractivity contribution in [2.45, 2.75) is 6.54 Å². The SMILES string of the molecule is O=C(/C=C/c1cccc([N+](=O)[O-])c1)NC(=S)Nc1cccc(C(=O)NCc2ccccc2)c1. The van der Waals surface area contributed by atoms with Crippen molar-refractivity contribution in [3.63, 3.8) is 0 Å². The Balaban J connectivity index is 1.53. The van der Waals surface area contributed by atoms with Crippen LogP contribution in [0.5, 0.6) is 0 Å². The number of benzene rings is 3. The molecule has 3 N–H and O–H groups in total. The Morgan fingerprint density at radius 1 is 0.970 bits per heavy atom. The van der Waals surface area contributed by atoms with Crippen LogP contribution in [-0.2, 0) is 11.3 Å². The van der Waals surface area contributed by atoms with E-state index in [1.807, 2.05) is 30.3 Å². The minimum atomic E-state index is -0.507. The van der Waals surface area contributed by atoms with E-state index in [0.29, 0.717) is 23.4 Å². The molecule has 0 saturated heterocycles. The van der Waals surface area contributed by atoms with E-state index >= 15 is 0 Å². The first-order chi connectivity index (χ1) is 15.9. The van der Waals surface area contributed by atoms with Gasteiger partial charge in [-0.3, -0.25) is 25.0 Å². The molecule has 8 nitrogen and oxygen atoms in total. The van der Waals surface area contributed by atoms with Gasteiger partial charge in [-0.2, -0.15) is 0 Å². The number of nitrogens with zero attached hydrogens (tertiary/aromatic N) is 1. The van der Waals surface area contributed by atoms with Crippen molar-refractivity contribution in [2.24, 2.45) is 0 Å². The highest BCUT2D eigenvalue weighted by atomic mass is 32.1. The lowest BCUT2D eigenvalue weighted by atomic mass is 10.1. The first kappa shape index (κ1) is 23.3. The molecule has 0 spiro atoms. The first-order valence-electron chi connectivity index (χ1n) is 9.87. The van der Waals surface area contributed by atoms with E-state index in [9.17, 15) is 19.7 Å². The summed E-state index contributed by atoms with van der Waals surface area (Å²) >= 11 is 5.16. The number of hydrogen-bond donors (Lipinski definition) is 3. The summed E-state index contributed by atoms with van der Waals surface area (Å²) in [5, 5.41) is 19.1. The zero-order chi connectivity index (χ0) is 23.6. The van der Waals surface area contributed by atoms with Gasteiger partial charge in [-0.25, -0.2) is 0 Å². The van der Waals surface area contributed by atoms with Crippen molar-refractivity contribution in [1.29, 1.82) is 0 Å². The molecule has 3 aromatic rings. The Hall–Kier alpha value is -4.37. The number of nitrogens with one attached hydrogen (secondary N) is 3. The van der Waals surface area contributed by atoms with E-state index in [-0.39, 0.29) is 16.7 Å². The molecule has 3 aromatic carbocycles. The normalized spacial score (nSPS) is 10.4.